The Kier molecular flexibility index (Phi) is 3.67. The van der Waals surface area contributed by atoms with Crippen LogP contribution in [0.5, 0.6) is 0 Å². The Hall–Kier alpha value is -2.09. The predicted molar refractivity (Wildman–Crippen MR) is 74.1 cm³/mol. The van der Waals surface area contributed by atoms with Crippen molar-refractivity contribution in [2.75, 3.05) is 17.6 Å². The maximum atomic E-state index is 11.8. The van der Waals surface area contributed by atoms with E-state index in [2.05, 4.69) is 14.4 Å². The second-order valence-corrected chi connectivity index (χ2v) is 6.14. The number of carbonyl (C=O) groups excluding carboxylic acids is 1. The van der Waals surface area contributed by atoms with E-state index in [1.165, 1.54) is 0 Å². The van der Waals surface area contributed by atoms with E-state index >= 15 is 0 Å². The monoisotopic (exact) mass is 297 g/mol. The number of ether oxygens (including phenoxy) is 1. The van der Waals surface area contributed by atoms with E-state index in [0.29, 0.717) is 11.3 Å². The Bertz CT molecular complexity index is 764. The molecule has 0 spiro atoms. The summed E-state index contributed by atoms with van der Waals surface area (Å²) in [5.41, 5.74) is 2.30. The number of imidazole rings is 1. The maximum absolute atomic E-state index is 11.8. The molecule has 2 heterocycles. The summed E-state index contributed by atoms with van der Waals surface area (Å²) in [6, 6.07) is 3.74. The molecule has 0 aliphatic rings. The normalized spacial score (nSPS) is 11.6. The number of aryl methyl sites for hydroxylation is 2. The van der Waals surface area contributed by atoms with Crippen LogP contribution in [-0.4, -0.2) is 36.6 Å². The first kappa shape index (κ1) is 14.3. The highest BCUT2D eigenvalue weighted by Crippen LogP contribution is 2.18. The molecular weight excluding hydrogens is 282 g/mol. The van der Waals surface area contributed by atoms with Gasteiger partial charge in [-0.05, 0) is 31.5 Å². The lowest BCUT2D eigenvalue weighted by Crippen LogP contribution is -2.24. The van der Waals surface area contributed by atoms with E-state index in [-0.39, 0.29) is 5.82 Å². The molecule has 0 fully saturated rings. The highest BCUT2D eigenvalue weighted by molar-refractivity contribution is 7.93. The molecule has 1 N–H and O–H groups in total. The van der Waals surface area contributed by atoms with Gasteiger partial charge in [-0.2, -0.15) is 0 Å². The number of fused-ring (bicyclic) bond motifs is 1. The smallest absolute Gasteiger partial charge is 0.322 e. The number of rotatable bonds is 4. The molecule has 0 saturated heterocycles. The molecule has 0 aliphatic heterocycles. The minimum atomic E-state index is -3.83. The highest BCUT2D eigenvalue weighted by atomic mass is 32.2. The van der Waals surface area contributed by atoms with Crippen LogP contribution in [0.15, 0.2) is 18.3 Å². The van der Waals surface area contributed by atoms with E-state index in [4.69, 9.17) is 0 Å². The van der Waals surface area contributed by atoms with Gasteiger partial charge < -0.3 is 9.14 Å². The average Bonchev–Trinajstić information content (AvgIpc) is 2.64. The third kappa shape index (κ3) is 2.90. The molecule has 0 bridgehead atoms. The van der Waals surface area contributed by atoms with Gasteiger partial charge in [0.15, 0.2) is 11.6 Å². The molecule has 0 amide bonds. The Morgan fingerprint density at radius 1 is 1.45 bits per heavy atom. The molecule has 2 aromatic heterocycles. The van der Waals surface area contributed by atoms with E-state index in [0.717, 1.165) is 12.7 Å². The zero-order valence-electron chi connectivity index (χ0n) is 11.4. The number of carbonyl (C=O) groups is 1. The van der Waals surface area contributed by atoms with Crippen molar-refractivity contribution in [1.82, 2.24) is 9.38 Å². The summed E-state index contributed by atoms with van der Waals surface area (Å²) in [4.78, 5) is 15.3. The van der Waals surface area contributed by atoms with Crippen LogP contribution in [0.1, 0.15) is 11.3 Å². The molecule has 2 rings (SSSR count). The van der Waals surface area contributed by atoms with Gasteiger partial charge in [0.2, 0.25) is 10.0 Å². The van der Waals surface area contributed by atoms with Gasteiger partial charge in [0.1, 0.15) is 5.65 Å². The molecule has 108 valence electrons. The van der Waals surface area contributed by atoms with Crippen molar-refractivity contribution in [3.63, 3.8) is 0 Å². The number of esters is 1. The Morgan fingerprint density at radius 2 is 2.15 bits per heavy atom. The van der Waals surface area contributed by atoms with Crippen LogP contribution in [0, 0.1) is 13.8 Å². The summed E-state index contributed by atoms with van der Waals surface area (Å²) in [6.07, 6.45) is 1.81. The number of aromatic nitrogens is 2. The summed E-state index contributed by atoms with van der Waals surface area (Å²) < 4.78 is 32.0. The standard InChI is InChI=1S/C12H15N3O4S/c1-8-4-5-15-9(2)12(13-10(15)6-8)14-20(17,18)7-11(16)19-3/h4-6,14H,7H2,1-3H3. The van der Waals surface area contributed by atoms with E-state index in [1.807, 2.05) is 25.3 Å². The SMILES string of the molecule is COC(=O)CS(=O)(=O)Nc1nc2cc(C)ccn2c1C. The number of sulfonamides is 1. The second kappa shape index (κ2) is 5.12. The minimum absolute atomic E-state index is 0.208. The first-order chi connectivity index (χ1) is 9.32. The fourth-order valence-corrected chi connectivity index (χ4v) is 2.75. The number of hydrogen-bond donors (Lipinski definition) is 1. The third-order valence-corrected chi connectivity index (χ3v) is 3.93. The molecule has 0 radical (unpaired) electrons. The topological polar surface area (TPSA) is 89.8 Å². The van der Waals surface area contributed by atoms with Crippen LogP contribution in [0.4, 0.5) is 5.82 Å². The molecule has 7 nitrogen and oxygen atoms in total. The molecule has 0 aliphatic carbocycles. The van der Waals surface area contributed by atoms with Crippen molar-refractivity contribution in [3.8, 4) is 0 Å². The maximum Gasteiger partial charge on any atom is 0.322 e. The van der Waals surface area contributed by atoms with Gasteiger partial charge in [-0.1, -0.05) is 0 Å². The quantitative estimate of drug-likeness (QED) is 0.846. The Balaban J connectivity index is 2.34. The van der Waals surface area contributed by atoms with E-state index in [1.54, 1.807) is 11.3 Å². The van der Waals surface area contributed by atoms with Crippen LogP contribution < -0.4 is 4.72 Å². The van der Waals surface area contributed by atoms with Gasteiger partial charge in [0.25, 0.3) is 0 Å². The van der Waals surface area contributed by atoms with Gasteiger partial charge in [-0.25, -0.2) is 13.4 Å². The number of anilines is 1. The number of methoxy groups -OCH3 is 1. The van der Waals surface area contributed by atoms with Crippen molar-refractivity contribution in [3.05, 3.63) is 29.6 Å². The van der Waals surface area contributed by atoms with Crippen molar-refractivity contribution in [2.45, 2.75) is 13.8 Å². The van der Waals surface area contributed by atoms with E-state index in [9.17, 15) is 13.2 Å². The van der Waals surface area contributed by atoms with Crippen LogP contribution in [0.3, 0.4) is 0 Å². The molecule has 2 aromatic rings. The van der Waals surface area contributed by atoms with Crippen LogP contribution in [-0.2, 0) is 19.6 Å². The summed E-state index contributed by atoms with van der Waals surface area (Å²) in [7, 11) is -2.69. The Morgan fingerprint density at radius 3 is 2.80 bits per heavy atom. The van der Waals surface area contributed by atoms with Gasteiger partial charge in [-0.15, -0.1) is 0 Å². The fraction of sp³-hybridized carbons (Fsp3) is 0.333. The zero-order chi connectivity index (χ0) is 14.9. The number of hydrogen-bond acceptors (Lipinski definition) is 5. The lowest BCUT2D eigenvalue weighted by molar-refractivity contribution is -0.137. The number of pyridine rings is 1. The molecule has 0 unspecified atom stereocenters. The lowest BCUT2D eigenvalue weighted by Gasteiger charge is -2.05. The molecule has 8 heteroatoms. The summed E-state index contributed by atoms with van der Waals surface area (Å²) >= 11 is 0. The molecule has 0 saturated carbocycles. The summed E-state index contributed by atoms with van der Waals surface area (Å²) in [5, 5.41) is 0. The molecule has 0 atom stereocenters. The van der Waals surface area contributed by atoms with Gasteiger partial charge in [0.05, 0.1) is 12.8 Å². The first-order valence-corrected chi connectivity index (χ1v) is 7.50. The van der Waals surface area contributed by atoms with E-state index < -0.39 is 21.7 Å². The van der Waals surface area contributed by atoms with Gasteiger partial charge in [-0.3, -0.25) is 9.52 Å². The van der Waals surface area contributed by atoms with Crippen LogP contribution >= 0.6 is 0 Å². The summed E-state index contributed by atoms with van der Waals surface area (Å²) in [5.74, 6) is -1.36. The Labute approximate surface area is 116 Å². The van der Waals surface area contributed by atoms with Crippen molar-refractivity contribution in [2.24, 2.45) is 0 Å². The third-order valence-electron chi connectivity index (χ3n) is 2.81. The second-order valence-electron chi connectivity index (χ2n) is 4.42. The van der Waals surface area contributed by atoms with Crippen molar-refractivity contribution < 1.29 is 17.9 Å². The number of nitrogens with one attached hydrogen (secondary N) is 1. The van der Waals surface area contributed by atoms with Crippen LogP contribution in [0.2, 0.25) is 0 Å². The van der Waals surface area contributed by atoms with Crippen molar-refractivity contribution in [1.29, 1.82) is 0 Å². The highest BCUT2D eigenvalue weighted by Gasteiger charge is 2.20. The predicted octanol–water partition coefficient (Wildman–Crippen LogP) is 0.866. The zero-order valence-corrected chi connectivity index (χ0v) is 12.2. The molecule has 0 aromatic carbocycles. The molecular formula is C12H15N3O4S. The number of nitrogens with zero attached hydrogens (tertiary/aromatic N) is 2. The van der Waals surface area contributed by atoms with Crippen LogP contribution in [0.25, 0.3) is 5.65 Å². The molecule has 20 heavy (non-hydrogen) atoms. The van der Waals surface area contributed by atoms with Gasteiger partial charge in [0, 0.05) is 6.20 Å². The minimum Gasteiger partial charge on any atom is -0.468 e. The largest absolute Gasteiger partial charge is 0.468 e. The lowest BCUT2D eigenvalue weighted by atomic mass is 10.3. The van der Waals surface area contributed by atoms with Crippen molar-refractivity contribution >= 4 is 27.5 Å². The average molecular weight is 297 g/mol. The summed E-state index contributed by atoms with van der Waals surface area (Å²) in [6.45, 7) is 3.66. The van der Waals surface area contributed by atoms with Gasteiger partial charge >= 0.3 is 5.97 Å². The fourth-order valence-electron chi connectivity index (χ4n) is 1.76. The first-order valence-electron chi connectivity index (χ1n) is 5.85.